The Morgan fingerprint density at radius 3 is 1.90 bits per heavy atom. The van der Waals surface area contributed by atoms with E-state index in [0.29, 0.717) is 5.95 Å². The number of hydrogen-bond donors (Lipinski definition) is 0. The van der Waals surface area contributed by atoms with Crippen LogP contribution in [-0.2, 0) is 0 Å². The van der Waals surface area contributed by atoms with Crippen LogP contribution in [0, 0.1) is 0 Å². The molecule has 0 saturated carbocycles. The molecule has 334 valence electrons. The summed E-state index contributed by atoms with van der Waals surface area (Å²) in [6.07, 6.45) is 0. The Morgan fingerprint density at radius 1 is 0.361 bits per heavy atom. The van der Waals surface area contributed by atoms with E-state index in [0.717, 1.165) is 93.8 Å². The Labute approximate surface area is 415 Å². The summed E-state index contributed by atoms with van der Waals surface area (Å²) in [5.74, 6) is 0.643. The Balaban J connectivity index is 0.964. The second kappa shape index (κ2) is 15.1. The number of rotatable bonds is 5. The van der Waals surface area contributed by atoms with Crippen molar-refractivity contribution in [1.82, 2.24) is 19.1 Å². The Morgan fingerprint density at radius 2 is 1.01 bits per heavy atom. The molecule has 0 spiro atoms. The zero-order valence-corrected chi connectivity index (χ0v) is 39.4. The molecule has 0 unspecified atom stereocenters. The minimum absolute atomic E-state index is 0.643. The van der Waals surface area contributed by atoms with Gasteiger partial charge >= 0.3 is 0 Å². The summed E-state index contributed by atoms with van der Waals surface area (Å²) in [5.41, 5.74) is 14.8. The number of benzene rings is 11. The SMILES string of the molecule is c1ccc(-c2cccc(-c3nc(-n4c5ccccc5c5cc6sc7cc8c(cc7c6cc54)c4cccc(-c5cccc6c5oc5ccccc56)c4n8-c4ccccc4)nc4c3ccc3ccccc34)c2)cc1. The van der Waals surface area contributed by atoms with Crippen LogP contribution in [0.2, 0.25) is 0 Å². The van der Waals surface area contributed by atoms with Gasteiger partial charge in [-0.25, -0.2) is 9.97 Å². The van der Waals surface area contributed by atoms with Gasteiger partial charge in [-0.1, -0.05) is 170 Å². The molecule has 0 N–H and O–H groups in total. The smallest absolute Gasteiger partial charge is 0.235 e. The highest BCUT2D eigenvalue weighted by Gasteiger charge is 2.24. The molecule has 11 aromatic carbocycles. The van der Waals surface area contributed by atoms with Gasteiger partial charge in [-0.15, -0.1) is 11.3 Å². The van der Waals surface area contributed by atoms with E-state index in [4.69, 9.17) is 14.4 Å². The van der Waals surface area contributed by atoms with Crippen molar-refractivity contribution < 1.29 is 4.42 Å². The van der Waals surface area contributed by atoms with E-state index >= 15 is 0 Å². The Bertz CT molecular complexity index is 4920. The van der Waals surface area contributed by atoms with Crippen LogP contribution in [0.25, 0.3) is 153 Å². The summed E-state index contributed by atoms with van der Waals surface area (Å²) in [6.45, 7) is 0. The van der Waals surface area contributed by atoms with Crippen LogP contribution in [-0.4, -0.2) is 19.1 Å². The van der Waals surface area contributed by atoms with Crippen LogP contribution in [0.3, 0.4) is 0 Å². The molecule has 0 bridgehead atoms. The molecule has 16 rings (SSSR count). The molecule has 6 heteroatoms. The molecule has 16 aromatic rings. The summed E-state index contributed by atoms with van der Waals surface area (Å²) in [4.78, 5) is 11.2. The highest BCUT2D eigenvalue weighted by Crippen LogP contribution is 2.47. The highest BCUT2D eigenvalue weighted by atomic mass is 32.1. The lowest BCUT2D eigenvalue weighted by Gasteiger charge is -2.14. The third-order valence-electron chi connectivity index (χ3n) is 14.9. The van der Waals surface area contributed by atoms with Crippen molar-refractivity contribution in [2.75, 3.05) is 0 Å². The van der Waals surface area contributed by atoms with Gasteiger partial charge in [0.05, 0.1) is 33.3 Å². The molecule has 0 aliphatic rings. The molecule has 5 nitrogen and oxygen atoms in total. The zero-order valence-electron chi connectivity index (χ0n) is 38.5. The predicted octanol–water partition coefficient (Wildman–Crippen LogP) is 18.2. The summed E-state index contributed by atoms with van der Waals surface area (Å²) in [7, 11) is 0. The molecule has 5 aromatic heterocycles. The van der Waals surface area contributed by atoms with E-state index in [1.807, 2.05) is 17.4 Å². The van der Waals surface area contributed by atoms with Gasteiger partial charge in [-0.3, -0.25) is 4.57 Å². The molecule has 5 heterocycles. The molecule has 0 aliphatic carbocycles. The fraction of sp³-hybridized carbons (Fsp3) is 0. The first kappa shape index (κ1) is 39.5. The highest BCUT2D eigenvalue weighted by molar-refractivity contribution is 7.26. The molecule has 0 atom stereocenters. The zero-order chi connectivity index (χ0) is 47.0. The van der Waals surface area contributed by atoms with E-state index in [-0.39, 0.29) is 0 Å². The number of para-hydroxylation sites is 5. The summed E-state index contributed by atoms with van der Waals surface area (Å²) in [6, 6.07) is 83.0. The first-order valence-corrected chi connectivity index (χ1v) is 25.2. The maximum absolute atomic E-state index is 6.68. The van der Waals surface area contributed by atoms with Crippen LogP contribution in [0.15, 0.2) is 235 Å². The van der Waals surface area contributed by atoms with Crippen molar-refractivity contribution in [3.05, 3.63) is 231 Å². The first-order chi connectivity index (χ1) is 35.7. The van der Waals surface area contributed by atoms with Gasteiger partial charge in [-0.05, 0) is 77.2 Å². The lowest BCUT2D eigenvalue weighted by Crippen LogP contribution is -2.04. The molecule has 0 radical (unpaired) electrons. The van der Waals surface area contributed by atoms with Gasteiger partial charge in [0, 0.05) is 85.6 Å². The van der Waals surface area contributed by atoms with Crippen molar-refractivity contribution >= 4 is 119 Å². The first-order valence-electron chi connectivity index (χ1n) is 24.4. The largest absolute Gasteiger partial charge is 0.455 e. The number of nitrogens with zero attached hydrogens (tertiary/aromatic N) is 4. The second-order valence-corrected chi connectivity index (χ2v) is 19.9. The third kappa shape index (κ3) is 5.69. The van der Waals surface area contributed by atoms with Crippen LogP contribution < -0.4 is 0 Å². The van der Waals surface area contributed by atoms with Crippen molar-refractivity contribution in [3.8, 4) is 45.1 Å². The van der Waals surface area contributed by atoms with E-state index in [9.17, 15) is 0 Å². The summed E-state index contributed by atoms with van der Waals surface area (Å²) >= 11 is 1.86. The quantitative estimate of drug-likeness (QED) is 0.162. The molecule has 0 aliphatic heterocycles. The lowest BCUT2D eigenvalue weighted by molar-refractivity contribution is 0.670. The van der Waals surface area contributed by atoms with Gasteiger partial charge in [0.1, 0.15) is 11.2 Å². The minimum atomic E-state index is 0.643. The van der Waals surface area contributed by atoms with Crippen LogP contribution in [0.5, 0.6) is 0 Å². The van der Waals surface area contributed by atoms with Gasteiger partial charge in [0.15, 0.2) is 0 Å². The molecule has 0 saturated heterocycles. The monoisotopic (exact) mass is 934 g/mol. The van der Waals surface area contributed by atoms with Gasteiger partial charge in [-0.2, -0.15) is 0 Å². The van der Waals surface area contributed by atoms with Gasteiger partial charge < -0.3 is 8.98 Å². The second-order valence-electron chi connectivity index (χ2n) is 18.8. The molecule has 0 amide bonds. The number of thiophene rings is 1. The number of fused-ring (bicyclic) bond motifs is 15. The van der Waals surface area contributed by atoms with Crippen molar-refractivity contribution in [2.24, 2.45) is 0 Å². The lowest BCUT2D eigenvalue weighted by atomic mass is 9.98. The van der Waals surface area contributed by atoms with Crippen molar-refractivity contribution in [3.63, 3.8) is 0 Å². The van der Waals surface area contributed by atoms with Gasteiger partial charge in [0.25, 0.3) is 0 Å². The average molecular weight is 935 g/mol. The van der Waals surface area contributed by atoms with Gasteiger partial charge in [0.2, 0.25) is 5.95 Å². The number of hydrogen-bond acceptors (Lipinski definition) is 4. The number of aromatic nitrogens is 4. The molecule has 72 heavy (non-hydrogen) atoms. The standard InChI is InChI=1S/C66H38N4OS/c1-3-16-39(17-4-1)41-19-13-20-42(34-41)62-51-33-32-40-18-7-8-23-44(40)63(51)68-66(67-62)70-56-30-11-9-24-45(56)53-37-60-55(36-57(53)70)54-35-52-48-27-14-26-47(50-29-15-28-49-46-25-10-12-31-59(46)71-65(49)50)64(48)69(43-21-5-2-6-22-43)58(52)38-61(54)72-60/h1-38H. The van der Waals surface area contributed by atoms with E-state index < -0.39 is 0 Å². The summed E-state index contributed by atoms with van der Waals surface area (Å²) < 4.78 is 13.9. The fourth-order valence-electron chi connectivity index (χ4n) is 11.7. The molecular formula is C66H38N4OS. The molecule has 0 fully saturated rings. The Hall–Kier alpha value is -9.36. The van der Waals surface area contributed by atoms with Crippen molar-refractivity contribution in [1.29, 1.82) is 0 Å². The maximum Gasteiger partial charge on any atom is 0.235 e. The van der Waals surface area contributed by atoms with E-state index in [2.05, 4.69) is 234 Å². The predicted molar refractivity (Wildman–Crippen MR) is 302 cm³/mol. The van der Waals surface area contributed by atoms with Crippen LogP contribution in [0.4, 0.5) is 0 Å². The average Bonchev–Trinajstić information content (AvgIpc) is 4.19. The van der Waals surface area contributed by atoms with Crippen molar-refractivity contribution in [2.45, 2.75) is 0 Å². The normalized spacial score (nSPS) is 12.2. The van der Waals surface area contributed by atoms with Crippen LogP contribution in [0.1, 0.15) is 0 Å². The third-order valence-corrected chi connectivity index (χ3v) is 16.0. The van der Waals surface area contributed by atoms with Crippen LogP contribution >= 0.6 is 11.3 Å². The maximum atomic E-state index is 6.68. The molecular weight excluding hydrogens is 897 g/mol. The minimum Gasteiger partial charge on any atom is -0.455 e. The van der Waals surface area contributed by atoms with E-state index in [1.165, 1.54) is 52.8 Å². The summed E-state index contributed by atoms with van der Waals surface area (Å²) in [5, 5.41) is 12.7. The fourth-order valence-corrected chi connectivity index (χ4v) is 12.8. The van der Waals surface area contributed by atoms with E-state index in [1.54, 1.807) is 0 Å². The Kier molecular flexibility index (Phi) is 8.26. The topological polar surface area (TPSA) is 48.8 Å². The number of furan rings is 1.